The molecule has 2 aromatic heterocycles. The van der Waals surface area contributed by atoms with Crippen molar-refractivity contribution in [3.63, 3.8) is 0 Å². The van der Waals surface area contributed by atoms with Crippen molar-refractivity contribution in [2.45, 2.75) is 25.2 Å². The van der Waals surface area contributed by atoms with Gasteiger partial charge in [-0.1, -0.05) is 24.8 Å². The molecule has 0 aliphatic rings. The van der Waals surface area contributed by atoms with Crippen LogP contribution in [0.3, 0.4) is 0 Å². The van der Waals surface area contributed by atoms with Gasteiger partial charge in [0.25, 0.3) is 5.91 Å². The number of pyridine rings is 1. The summed E-state index contributed by atoms with van der Waals surface area (Å²) in [7, 11) is 0. The smallest absolute Gasteiger partial charge is 0.366 e. The molecule has 7 nitrogen and oxygen atoms in total. The van der Waals surface area contributed by atoms with E-state index in [9.17, 15) is 35.9 Å². The van der Waals surface area contributed by atoms with Crippen LogP contribution in [0.15, 0.2) is 67.5 Å². The molecule has 0 bridgehead atoms. The van der Waals surface area contributed by atoms with Crippen molar-refractivity contribution in [2.75, 3.05) is 0 Å². The maximum Gasteiger partial charge on any atom is 0.435 e. The molecule has 0 aliphatic heterocycles. The highest BCUT2D eigenvalue weighted by molar-refractivity contribution is 5.94. The number of nitrogens with zero attached hydrogens (tertiary/aromatic N) is 3. The predicted molar refractivity (Wildman–Crippen MR) is 136 cm³/mol. The molecule has 2 amide bonds. The van der Waals surface area contributed by atoms with Gasteiger partial charge in [0, 0.05) is 29.6 Å². The minimum atomic E-state index is -4.78. The molecule has 0 aliphatic carbocycles. The zero-order valence-electron chi connectivity index (χ0n) is 21.1. The monoisotopic (exact) mass is 573 g/mol. The van der Waals surface area contributed by atoms with Crippen LogP contribution in [0.2, 0.25) is 0 Å². The van der Waals surface area contributed by atoms with Crippen molar-refractivity contribution in [3.8, 4) is 11.1 Å². The second kappa shape index (κ2) is 11.7. The Balaban J connectivity index is 1.73. The van der Waals surface area contributed by atoms with E-state index in [1.807, 2.05) is 0 Å². The van der Waals surface area contributed by atoms with Crippen LogP contribution in [0, 0.1) is 17.5 Å². The first-order valence-electron chi connectivity index (χ1n) is 11.9. The lowest BCUT2D eigenvalue weighted by Crippen LogP contribution is -2.34. The molecule has 0 fully saturated rings. The maximum atomic E-state index is 14.1. The summed E-state index contributed by atoms with van der Waals surface area (Å²) in [5.74, 6) is -4.42. The van der Waals surface area contributed by atoms with Gasteiger partial charge in [-0.25, -0.2) is 13.2 Å². The number of hydrogen-bond donors (Lipinski definition) is 2. The average molecular weight is 573 g/mol. The number of carbonyl (C=O) groups is 2. The standard InChI is InChI=1S/C28H21F6N5O2/c1-2-16-13-39(38-26(16)28(32,33)34)14-24(40)37-23(10-15-8-18(29)12-19(30)9-15)25-20(4-3-7-36-25)17-5-6-22(31)21(11-17)27(35)41/h2-9,11-13,23H,1,10,14H2,(H2,35,41)(H,37,40)/t23-/m0/s1. The zero-order chi connectivity index (χ0) is 29.9. The summed E-state index contributed by atoms with van der Waals surface area (Å²) in [5, 5.41) is 6.08. The number of primary amides is 1. The van der Waals surface area contributed by atoms with Crippen LogP contribution in [-0.4, -0.2) is 26.6 Å². The Bertz CT molecular complexity index is 1610. The third-order valence-corrected chi connectivity index (χ3v) is 5.99. The number of hydrogen-bond acceptors (Lipinski definition) is 4. The fraction of sp³-hybridized carbons (Fsp3) is 0.143. The number of nitrogens with two attached hydrogens (primary N) is 1. The zero-order valence-corrected chi connectivity index (χ0v) is 21.1. The molecule has 4 rings (SSSR count). The highest BCUT2D eigenvalue weighted by Crippen LogP contribution is 2.32. The molecule has 13 heteroatoms. The summed E-state index contributed by atoms with van der Waals surface area (Å²) < 4.78 is 82.7. The van der Waals surface area contributed by atoms with Crippen LogP contribution in [0.1, 0.15) is 38.9 Å². The Hall–Kier alpha value is -4.94. The fourth-order valence-corrected chi connectivity index (χ4v) is 4.28. The summed E-state index contributed by atoms with van der Waals surface area (Å²) in [6.45, 7) is 2.69. The largest absolute Gasteiger partial charge is 0.435 e. The predicted octanol–water partition coefficient (Wildman–Crippen LogP) is 5.22. The third-order valence-electron chi connectivity index (χ3n) is 5.99. The van der Waals surface area contributed by atoms with Crippen molar-refractivity contribution < 1.29 is 35.9 Å². The van der Waals surface area contributed by atoms with Crippen LogP contribution >= 0.6 is 0 Å². The van der Waals surface area contributed by atoms with E-state index in [0.717, 1.165) is 35.2 Å². The first-order valence-corrected chi connectivity index (χ1v) is 11.9. The summed E-state index contributed by atoms with van der Waals surface area (Å²) in [4.78, 5) is 29.1. The number of nitrogens with one attached hydrogen (secondary N) is 1. The Morgan fingerprint density at radius 2 is 1.78 bits per heavy atom. The normalized spacial score (nSPS) is 12.1. The highest BCUT2D eigenvalue weighted by Gasteiger charge is 2.36. The van der Waals surface area contributed by atoms with E-state index >= 15 is 0 Å². The highest BCUT2D eigenvalue weighted by atomic mass is 19.4. The first-order chi connectivity index (χ1) is 19.3. The van der Waals surface area contributed by atoms with E-state index in [1.54, 1.807) is 6.07 Å². The minimum absolute atomic E-state index is 0.133. The molecule has 41 heavy (non-hydrogen) atoms. The molecule has 2 heterocycles. The second-order valence-corrected chi connectivity index (χ2v) is 8.93. The maximum absolute atomic E-state index is 14.1. The summed E-state index contributed by atoms with van der Waals surface area (Å²) in [5.41, 5.74) is 4.24. The van der Waals surface area contributed by atoms with Crippen LogP contribution < -0.4 is 11.1 Å². The molecule has 2 aromatic carbocycles. The van der Waals surface area contributed by atoms with Gasteiger partial charge >= 0.3 is 6.18 Å². The van der Waals surface area contributed by atoms with Crippen LogP contribution in [-0.2, 0) is 23.9 Å². The summed E-state index contributed by atoms with van der Waals surface area (Å²) in [6, 6.07) is 8.34. The van der Waals surface area contributed by atoms with Crippen LogP contribution in [0.4, 0.5) is 26.3 Å². The van der Waals surface area contributed by atoms with E-state index in [1.165, 1.54) is 24.4 Å². The number of amides is 2. The fourth-order valence-electron chi connectivity index (χ4n) is 4.28. The van der Waals surface area contributed by atoms with Crippen molar-refractivity contribution in [1.82, 2.24) is 20.1 Å². The lowest BCUT2D eigenvalue weighted by atomic mass is 9.94. The first kappa shape index (κ1) is 29.1. The number of halogens is 6. The van der Waals surface area contributed by atoms with Crippen LogP contribution in [0.25, 0.3) is 17.2 Å². The lowest BCUT2D eigenvalue weighted by molar-refractivity contribution is -0.142. The lowest BCUT2D eigenvalue weighted by Gasteiger charge is -2.22. The van der Waals surface area contributed by atoms with Gasteiger partial charge in [0.2, 0.25) is 5.91 Å². The molecule has 4 aromatic rings. The number of carbonyl (C=O) groups excluding carboxylic acids is 2. The Labute approximate surface area is 229 Å². The second-order valence-electron chi connectivity index (χ2n) is 8.93. The van der Waals surface area contributed by atoms with E-state index in [-0.39, 0.29) is 23.2 Å². The molecule has 0 radical (unpaired) electrons. The molecule has 3 N–H and O–H groups in total. The van der Waals surface area contributed by atoms with E-state index in [4.69, 9.17) is 5.73 Å². The van der Waals surface area contributed by atoms with Gasteiger partial charge in [-0.3, -0.25) is 19.3 Å². The van der Waals surface area contributed by atoms with Gasteiger partial charge in [0.1, 0.15) is 24.0 Å². The topological polar surface area (TPSA) is 103 Å². The molecule has 1 atom stereocenters. The van der Waals surface area contributed by atoms with Crippen LogP contribution in [0.5, 0.6) is 0 Å². The van der Waals surface area contributed by atoms with Crippen molar-refractivity contribution in [3.05, 3.63) is 113 Å². The Morgan fingerprint density at radius 3 is 2.39 bits per heavy atom. The van der Waals surface area contributed by atoms with Gasteiger partial charge in [0.15, 0.2) is 5.69 Å². The number of alkyl halides is 3. The Morgan fingerprint density at radius 1 is 1.07 bits per heavy atom. The SMILES string of the molecule is C=Cc1cn(CC(=O)N[C@@H](Cc2cc(F)cc(F)c2)c2ncccc2-c2ccc(F)c(C(N)=O)c2)nc1C(F)(F)F. The van der Waals surface area contributed by atoms with Gasteiger partial charge in [0.05, 0.1) is 17.3 Å². The number of rotatable bonds is 9. The Kier molecular flexibility index (Phi) is 8.26. The van der Waals surface area contributed by atoms with Gasteiger partial charge in [-0.15, -0.1) is 0 Å². The summed E-state index contributed by atoms with van der Waals surface area (Å²) >= 11 is 0. The van der Waals surface area contributed by atoms with Gasteiger partial charge in [-0.2, -0.15) is 18.3 Å². The number of benzene rings is 2. The van der Waals surface area contributed by atoms with E-state index in [0.29, 0.717) is 17.2 Å². The van der Waals surface area contributed by atoms with Gasteiger partial charge < -0.3 is 11.1 Å². The molecular weight excluding hydrogens is 552 g/mol. The molecule has 0 saturated carbocycles. The van der Waals surface area contributed by atoms with Crippen molar-refractivity contribution in [2.24, 2.45) is 5.73 Å². The molecule has 0 spiro atoms. The third kappa shape index (κ3) is 6.80. The summed E-state index contributed by atoms with van der Waals surface area (Å²) in [6.07, 6.45) is -1.64. The molecule has 0 saturated heterocycles. The van der Waals surface area contributed by atoms with Gasteiger partial charge in [-0.05, 0) is 47.9 Å². The molecular formula is C28H21F6N5O2. The van der Waals surface area contributed by atoms with Crippen molar-refractivity contribution >= 4 is 17.9 Å². The molecule has 0 unspecified atom stereocenters. The van der Waals surface area contributed by atoms with E-state index < -0.39 is 59.3 Å². The van der Waals surface area contributed by atoms with Crippen molar-refractivity contribution in [1.29, 1.82) is 0 Å². The quantitative estimate of drug-likeness (QED) is 0.268. The number of aromatic nitrogens is 3. The molecule has 212 valence electrons. The van der Waals surface area contributed by atoms with E-state index in [2.05, 4.69) is 22.0 Å². The average Bonchev–Trinajstić information content (AvgIpc) is 3.31. The minimum Gasteiger partial charge on any atom is -0.366 e.